The molecule has 9 heteroatoms. The SMILES string of the molecule is C=CCN(Cc1ccc(Cl)s1)C(=O)c1ccc(OC)c(S(=O)(=O)N2CCCCCC2)c1. The number of nitrogens with zero attached hydrogens (tertiary/aromatic N) is 2. The highest BCUT2D eigenvalue weighted by Crippen LogP contribution is 2.30. The molecule has 0 bridgehead atoms. The summed E-state index contributed by atoms with van der Waals surface area (Å²) in [6.07, 6.45) is 5.34. The van der Waals surface area contributed by atoms with Crippen LogP contribution in [-0.2, 0) is 16.6 Å². The Hall–Kier alpha value is -1.87. The third-order valence-electron chi connectivity index (χ3n) is 5.21. The number of rotatable bonds is 8. The predicted octanol–water partition coefficient (Wildman–Crippen LogP) is 4.80. The van der Waals surface area contributed by atoms with Crippen molar-refractivity contribution in [2.45, 2.75) is 37.1 Å². The minimum atomic E-state index is -3.78. The monoisotopic (exact) mass is 482 g/mol. The Labute approximate surface area is 193 Å². The summed E-state index contributed by atoms with van der Waals surface area (Å²) in [6, 6.07) is 8.24. The fraction of sp³-hybridized carbons (Fsp3) is 0.409. The van der Waals surface area contributed by atoms with Gasteiger partial charge in [0.05, 0.1) is 18.0 Å². The number of carbonyl (C=O) groups is 1. The van der Waals surface area contributed by atoms with Crippen LogP contribution in [-0.4, -0.2) is 50.3 Å². The van der Waals surface area contributed by atoms with E-state index < -0.39 is 10.0 Å². The predicted molar refractivity (Wildman–Crippen MR) is 124 cm³/mol. The number of hydrogen-bond acceptors (Lipinski definition) is 5. The van der Waals surface area contributed by atoms with Crippen molar-refractivity contribution in [3.63, 3.8) is 0 Å². The summed E-state index contributed by atoms with van der Waals surface area (Å²) in [6.45, 7) is 5.39. The molecular weight excluding hydrogens is 456 g/mol. The Morgan fingerprint density at radius 3 is 2.52 bits per heavy atom. The highest BCUT2D eigenvalue weighted by Gasteiger charge is 2.30. The zero-order valence-electron chi connectivity index (χ0n) is 17.5. The minimum absolute atomic E-state index is 0.0282. The van der Waals surface area contributed by atoms with Gasteiger partial charge in [-0.25, -0.2) is 8.42 Å². The molecule has 3 rings (SSSR count). The molecule has 1 saturated heterocycles. The lowest BCUT2D eigenvalue weighted by atomic mass is 10.2. The van der Waals surface area contributed by atoms with Crippen LogP contribution in [0.4, 0.5) is 0 Å². The molecule has 0 unspecified atom stereocenters. The Bertz CT molecular complexity index is 1030. The molecule has 1 fully saturated rings. The normalized spacial score (nSPS) is 15.3. The lowest BCUT2D eigenvalue weighted by Crippen LogP contribution is -2.33. The Balaban J connectivity index is 1.93. The van der Waals surface area contributed by atoms with Gasteiger partial charge in [-0.1, -0.05) is 30.5 Å². The molecule has 0 saturated carbocycles. The Kier molecular flexibility index (Phi) is 8.16. The molecule has 0 radical (unpaired) electrons. The largest absolute Gasteiger partial charge is 0.495 e. The van der Waals surface area contributed by atoms with Gasteiger partial charge in [0.25, 0.3) is 5.91 Å². The van der Waals surface area contributed by atoms with Crippen LogP contribution in [0.2, 0.25) is 4.34 Å². The quantitative estimate of drug-likeness (QED) is 0.507. The molecule has 168 valence electrons. The van der Waals surface area contributed by atoms with Gasteiger partial charge in [0.2, 0.25) is 10.0 Å². The molecule has 0 aliphatic carbocycles. The molecule has 0 N–H and O–H groups in total. The topological polar surface area (TPSA) is 66.9 Å². The van der Waals surface area contributed by atoms with Gasteiger partial charge in [0.15, 0.2) is 0 Å². The maximum absolute atomic E-state index is 13.4. The number of sulfonamides is 1. The Morgan fingerprint density at radius 2 is 1.94 bits per heavy atom. The second-order valence-electron chi connectivity index (χ2n) is 7.36. The van der Waals surface area contributed by atoms with E-state index in [1.165, 1.54) is 28.8 Å². The van der Waals surface area contributed by atoms with Crippen LogP contribution in [0.5, 0.6) is 5.75 Å². The number of ether oxygens (including phenoxy) is 1. The van der Waals surface area contributed by atoms with Crippen molar-refractivity contribution in [1.82, 2.24) is 9.21 Å². The average molecular weight is 483 g/mol. The van der Waals surface area contributed by atoms with Crippen molar-refractivity contribution in [1.29, 1.82) is 0 Å². The first-order valence-corrected chi connectivity index (χ1v) is 12.8. The fourth-order valence-electron chi connectivity index (χ4n) is 3.61. The highest BCUT2D eigenvalue weighted by molar-refractivity contribution is 7.89. The molecule has 2 aromatic rings. The van der Waals surface area contributed by atoms with Gasteiger partial charge in [-0.05, 0) is 43.2 Å². The summed E-state index contributed by atoms with van der Waals surface area (Å²) in [5.41, 5.74) is 0.290. The zero-order valence-corrected chi connectivity index (χ0v) is 19.9. The molecule has 1 aromatic heterocycles. The van der Waals surface area contributed by atoms with Crippen LogP contribution in [0, 0.1) is 0 Å². The maximum Gasteiger partial charge on any atom is 0.254 e. The number of benzene rings is 1. The van der Waals surface area contributed by atoms with E-state index in [2.05, 4.69) is 6.58 Å². The average Bonchev–Trinajstić information content (AvgIpc) is 3.00. The van der Waals surface area contributed by atoms with Gasteiger partial charge in [-0.2, -0.15) is 4.31 Å². The number of carbonyl (C=O) groups excluding carboxylic acids is 1. The van der Waals surface area contributed by atoms with E-state index in [-0.39, 0.29) is 16.6 Å². The van der Waals surface area contributed by atoms with E-state index in [0.717, 1.165) is 30.6 Å². The van der Waals surface area contributed by atoms with Gasteiger partial charge >= 0.3 is 0 Å². The summed E-state index contributed by atoms with van der Waals surface area (Å²) in [5, 5.41) is 0. The summed E-state index contributed by atoms with van der Waals surface area (Å²) < 4.78 is 34.2. The van der Waals surface area contributed by atoms with E-state index in [0.29, 0.717) is 36.1 Å². The van der Waals surface area contributed by atoms with E-state index in [4.69, 9.17) is 16.3 Å². The number of thiophene rings is 1. The van der Waals surface area contributed by atoms with Crippen LogP contribution in [0.3, 0.4) is 0 Å². The van der Waals surface area contributed by atoms with E-state index in [1.807, 2.05) is 6.07 Å². The van der Waals surface area contributed by atoms with Crippen LogP contribution in [0.15, 0.2) is 47.9 Å². The molecule has 1 amide bonds. The lowest BCUT2D eigenvalue weighted by molar-refractivity contribution is 0.0764. The van der Waals surface area contributed by atoms with Crippen molar-refractivity contribution in [3.05, 3.63) is 57.8 Å². The first-order chi connectivity index (χ1) is 14.9. The van der Waals surface area contributed by atoms with E-state index in [9.17, 15) is 13.2 Å². The minimum Gasteiger partial charge on any atom is -0.495 e. The smallest absolute Gasteiger partial charge is 0.254 e. The van der Waals surface area contributed by atoms with Gasteiger partial charge in [-0.3, -0.25) is 4.79 Å². The molecule has 2 heterocycles. The zero-order chi connectivity index (χ0) is 22.4. The maximum atomic E-state index is 13.4. The molecule has 1 aliphatic heterocycles. The van der Waals surface area contributed by atoms with Crippen molar-refractivity contribution in [2.75, 3.05) is 26.7 Å². The van der Waals surface area contributed by atoms with Crippen LogP contribution < -0.4 is 4.74 Å². The van der Waals surface area contributed by atoms with Gasteiger partial charge in [0, 0.05) is 30.1 Å². The molecule has 1 aromatic carbocycles. The van der Waals surface area contributed by atoms with Crippen molar-refractivity contribution < 1.29 is 17.9 Å². The summed E-state index contributed by atoms with van der Waals surface area (Å²) in [7, 11) is -2.34. The Morgan fingerprint density at radius 1 is 1.23 bits per heavy atom. The standard InChI is InChI=1S/C22H27ClN2O4S2/c1-3-12-24(16-18-9-11-21(23)30-18)22(26)17-8-10-19(29-2)20(15-17)31(27,28)25-13-6-4-5-7-14-25/h3,8-11,15H,1,4-7,12-14,16H2,2H3. The second kappa shape index (κ2) is 10.6. The fourth-order valence-corrected chi connectivity index (χ4v) is 6.42. The molecule has 0 spiro atoms. The molecular formula is C22H27ClN2O4S2. The summed E-state index contributed by atoms with van der Waals surface area (Å²) in [4.78, 5) is 15.8. The van der Waals surface area contributed by atoms with Crippen LogP contribution in [0.1, 0.15) is 40.9 Å². The first-order valence-electron chi connectivity index (χ1n) is 10.2. The highest BCUT2D eigenvalue weighted by atomic mass is 35.5. The molecule has 6 nitrogen and oxygen atoms in total. The van der Waals surface area contributed by atoms with Crippen molar-refractivity contribution in [2.24, 2.45) is 0 Å². The van der Waals surface area contributed by atoms with Gasteiger partial charge < -0.3 is 9.64 Å². The first kappa shape index (κ1) is 23.8. The second-order valence-corrected chi connectivity index (χ2v) is 11.1. The van der Waals surface area contributed by atoms with Crippen LogP contribution >= 0.6 is 22.9 Å². The van der Waals surface area contributed by atoms with Crippen LogP contribution in [0.25, 0.3) is 0 Å². The van der Waals surface area contributed by atoms with E-state index >= 15 is 0 Å². The lowest BCUT2D eigenvalue weighted by Gasteiger charge is -2.23. The van der Waals surface area contributed by atoms with Crippen molar-refractivity contribution >= 4 is 38.9 Å². The van der Waals surface area contributed by atoms with Gasteiger partial charge in [0.1, 0.15) is 10.6 Å². The molecule has 31 heavy (non-hydrogen) atoms. The van der Waals surface area contributed by atoms with E-state index in [1.54, 1.807) is 29.2 Å². The van der Waals surface area contributed by atoms with Gasteiger partial charge in [-0.15, -0.1) is 17.9 Å². The summed E-state index contributed by atoms with van der Waals surface area (Å²) in [5.74, 6) is -0.0412. The third kappa shape index (κ3) is 5.68. The number of halogens is 1. The molecule has 1 aliphatic rings. The molecule has 0 atom stereocenters. The number of hydrogen-bond donors (Lipinski definition) is 0. The third-order valence-corrected chi connectivity index (χ3v) is 8.34. The van der Waals surface area contributed by atoms with Crippen molar-refractivity contribution in [3.8, 4) is 5.75 Å². The number of amides is 1. The number of methoxy groups -OCH3 is 1. The summed E-state index contributed by atoms with van der Waals surface area (Å²) >= 11 is 7.42.